The molecule has 0 saturated carbocycles. The van der Waals surface area contributed by atoms with Crippen LogP contribution in [0, 0.1) is 0 Å². The van der Waals surface area contributed by atoms with Gasteiger partial charge in [0, 0.05) is 24.1 Å². The summed E-state index contributed by atoms with van der Waals surface area (Å²) in [5, 5.41) is 7.76. The predicted molar refractivity (Wildman–Crippen MR) is 80.4 cm³/mol. The maximum Gasteiger partial charge on any atom is 0.0659 e. The molecule has 3 heteroatoms. The summed E-state index contributed by atoms with van der Waals surface area (Å²) in [6, 6.07) is 11.1. The number of hydrogen-bond acceptors (Lipinski definition) is 2. The van der Waals surface area contributed by atoms with Crippen LogP contribution in [0.5, 0.6) is 0 Å². The number of anilines is 1. The summed E-state index contributed by atoms with van der Waals surface area (Å²) in [6.07, 6.45) is 7.57. The summed E-state index contributed by atoms with van der Waals surface area (Å²) < 4.78 is 1.94. The van der Waals surface area contributed by atoms with Crippen molar-refractivity contribution in [1.82, 2.24) is 9.78 Å². The smallest absolute Gasteiger partial charge is 0.0659 e. The van der Waals surface area contributed by atoms with Crippen LogP contribution in [0.15, 0.2) is 42.7 Å². The number of unbranched alkanes of at least 4 members (excludes halogenated alkanes) is 1. The molecule has 0 aliphatic rings. The van der Waals surface area contributed by atoms with Crippen molar-refractivity contribution in [2.75, 3.05) is 5.32 Å². The van der Waals surface area contributed by atoms with Crippen LogP contribution in [0.3, 0.4) is 0 Å². The first-order valence-corrected chi connectivity index (χ1v) is 7.11. The second kappa shape index (κ2) is 6.98. The third kappa shape index (κ3) is 4.43. The number of nitrogens with zero attached hydrogens (tertiary/aromatic N) is 2. The Labute approximate surface area is 115 Å². The van der Waals surface area contributed by atoms with E-state index in [1.54, 1.807) is 0 Å². The number of benzene rings is 1. The summed E-state index contributed by atoms with van der Waals surface area (Å²) in [7, 11) is 0. The minimum atomic E-state index is 0.539. The van der Waals surface area contributed by atoms with Crippen LogP contribution in [-0.4, -0.2) is 15.8 Å². The zero-order valence-electron chi connectivity index (χ0n) is 11.8. The van der Waals surface area contributed by atoms with Crippen molar-refractivity contribution in [3.8, 4) is 0 Å². The number of aromatic nitrogens is 2. The van der Waals surface area contributed by atoms with Crippen molar-refractivity contribution < 1.29 is 0 Å². The highest BCUT2D eigenvalue weighted by atomic mass is 15.3. The van der Waals surface area contributed by atoms with Gasteiger partial charge in [0.1, 0.15) is 0 Å². The summed E-state index contributed by atoms with van der Waals surface area (Å²) >= 11 is 0. The fourth-order valence-corrected chi connectivity index (χ4v) is 2.15. The lowest BCUT2D eigenvalue weighted by molar-refractivity contribution is 0.645. The molecule has 0 bridgehead atoms. The monoisotopic (exact) mass is 257 g/mol. The van der Waals surface area contributed by atoms with Crippen molar-refractivity contribution in [1.29, 1.82) is 0 Å². The van der Waals surface area contributed by atoms with Crippen LogP contribution in [0.2, 0.25) is 0 Å². The van der Waals surface area contributed by atoms with Crippen LogP contribution in [0.1, 0.15) is 38.7 Å². The lowest BCUT2D eigenvalue weighted by atomic mass is 10.1. The second-order valence-electron chi connectivity index (χ2n) is 5.09. The molecular formula is C16H23N3. The van der Waals surface area contributed by atoms with Gasteiger partial charge in [0.25, 0.3) is 0 Å². The van der Waals surface area contributed by atoms with Gasteiger partial charge in [-0.05, 0) is 37.1 Å². The van der Waals surface area contributed by atoms with Gasteiger partial charge >= 0.3 is 0 Å². The second-order valence-corrected chi connectivity index (χ2v) is 5.09. The van der Waals surface area contributed by atoms with Crippen LogP contribution >= 0.6 is 0 Å². The van der Waals surface area contributed by atoms with E-state index in [2.05, 4.69) is 48.5 Å². The molecule has 1 aromatic heterocycles. The van der Waals surface area contributed by atoms with Crippen molar-refractivity contribution in [2.45, 2.75) is 45.7 Å². The first-order valence-electron chi connectivity index (χ1n) is 7.11. The first kappa shape index (κ1) is 13.7. The van der Waals surface area contributed by atoms with E-state index in [1.807, 2.05) is 23.1 Å². The summed E-state index contributed by atoms with van der Waals surface area (Å²) in [5.74, 6) is 0. The highest BCUT2D eigenvalue weighted by molar-refractivity contribution is 5.45. The topological polar surface area (TPSA) is 29.9 Å². The van der Waals surface area contributed by atoms with E-state index in [9.17, 15) is 0 Å². The Morgan fingerprint density at radius 2 is 2.05 bits per heavy atom. The third-order valence-electron chi connectivity index (χ3n) is 3.26. The number of nitrogens with one attached hydrogen (secondary N) is 1. The van der Waals surface area contributed by atoms with Crippen molar-refractivity contribution in [3.05, 3.63) is 48.3 Å². The number of hydrogen-bond donors (Lipinski definition) is 1. The Kier molecular flexibility index (Phi) is 5.01. The molecule has 0 aliphatic carbocycles. The molecule has 0 amide bonds. The van der Waals surface area contributed by atoms with Gasteiger partial charge in [0.15, 0.2) is 0 Å². The zero-order chi connectivity index (χ0) is 13.5. The lowest BCUT2D eigenvalue weighted by Crippen LogP contribution is -2.14. The molecule has 2 aromatic rings. The van der Waals surface area contributed by atoms with Gasteiger partial charge in [-0.3, -0.25) is 4.68 Å². The molecule has 1 aromatic carbocycles. The molecule has 0 radical (unpaired) electrons. The average Bonchev–Trinajstić information content (AvgIpc) is 2.91. The third-order valence-corrected chi connectivity index (χ3v) is 3.26. The molecule has 102 valence electrons. The van der Waals surface area contributed by atoms with Gasteiger partial charge in [0.2, 0.25) is 0 Å². The van der Waals surface area contributed by atoms with E-state index in [0.717, 1.165) is 6.54 Å². The van der Waals surface area contributed by atoms with Crippen molar-refractivity contribution in [3.63, 3.8) is 0 Å². The Balaban J connectivity index is 1.87. The van der Waals surface area contributed by atoms with Crippen molar-refractivity contribution >= 4 is 5.69 Å². The molecule has 1 heterocycles. The van der Waals surface area contributed by atoms with Gasteiger partial charge in [0.05, 0.1) is 6.54 Å². The molecule has 0 fully saturated rings. The minimum absolute atomic E-state index is 0.539. The van der Waals surface area contributed by atoms with E-state index < -0.39 is 0 Å². The highest BCUT2D eigenvalue weighted by Gasteiger charge is 2.01. The van der Waals surface area contributed by atoms with E-state index >= 15 is 0 Å². The quantitative estimate of drug-likeness (QED) is 0.814. The molecule has 19 heavy (non-hydrogen) atoms. The van der Waals surface area contributed by atoms with Crippen LogP contribution in [-0.2, 0) is 6.54 Å². The average molecular weight is 257 g/mol. The molecule has 1 unspecified atom stereocenters. The van der Waals surface area contributed by atoms with Crippen LogP contribution < -0.4 is 5.32 Å². The maximum atomic E-state index is 4.22. The number of rotatable bonds is 7. The first-order chi connectivity index (χ1) is 9.28. The Morgan fingerprint density at radius 3 is 2.68 bits per heavy atom. The summed E-state index contributed by atoms with van der Waals surface area (Å²) in [4.78, 5) is 0. The van der Waals surface area contributed by atoms with Gasteiger partial charge in [-0.25, -0.2) is 0 Å². The lowest BCUT2D eigenvalue weighted by Gasteiger charge is -2.15. The van der Waals surface area contributed by atoms with Gasteiger partial charge in [-0.1, -0.05) is 31.9 Å². The Hall–Kier alpha value is -1.77. The highest BCUT2D eigenvalue weighted by Crippen LogP contribution is 2.13. The van der Waals surface area contributed by atoms with E-state index in [-0.39, 0.29) is 0 Å². The summed E-state index contributed by atoms with van der Waals surface area (Å²) in [5.41, 5.74) is 2.48. The van der Waals surface area contributed by atoms with Gasteiger partial charge in [-0.15, -0.1) is 0 Å². The Bertz CT molecular complexity index is 459. The zero-order valence-corrected chi connectivity index (χ0v) is 11.8. The fraction of sp³-hybridized carbons (Fsp3) is 0.438. The minimum Gasteiger partial charge on any atom is -0.383 e. The molecular weight excluding hydrogens is 234 g/mol. The van der Waals surface area contributed by atoms with Crippen molar-refractivity contribution in [2.24, 2.45) is 0 Å². The standard InChI is InChI=1S/C16H23N3/c1-3-4-6-14(2)18-16-9-7-15(8-10-16)13-19-12-5-11-17-19/h5,7-12,14,18H,3-4,6,13H2,1-2H3. The van der Waals surface area contributed by atoms with E-state index in [1.165, 1.54) is 30.5 Å². The molecule has 0 spiro atoms. The van der Waals surface area contributed by atoms with E-state index in [4.69, 9.17) is 0 Å². The largest absolute Gasteiger partial charge is 0.383 e. The van der Waals surface area contributed by atoms with Gasteiger partial charge < -0.3 is 5.32 Å². The molecule has 0 aliphatic heterocycles. The Morgan fingerprint density at radius 1 is 1.26 bits per heavy atom. The molecule has 1 atom stereocenters. The molecule has 0 saturated heterocycles. The van der Waals surface area contributed by atoms with Gasteiger partial charge in [-0.2, -0.15) is 5.10 Å². The van der Waals surface area contributed by atoms with Crippen LogP contribution in [0.4, 0.5) is 5.69 Å². The molecule has 3 nitrogen and oxygen atoms in total. The molecule has 2 rings (SSSR count). The fourth-order valence-electron chi connectivity index (χ4n) is 2.15. The van der Waals surface area contributed by atoms with Crippen LogP contribution in [0.25, 0.3) is 0 Å². The SMILES string of the molecule is CCCCC(C)Nc1ccc(Cn2cccn2)cc1. The molecule has 1 N–H and O–H groups in total. The normalized spacial score (nSPS) is 12.3. The summed E-state index contributed by atoms with van der Waals surface area (Å²) in [6.45, 7) is 5.31. The van der Waals surface area contributed by atoms with E-state index in [0.29, 0.717) is 6.04 Å². The maximum absolute atomic E-state index is 4.22. The predicted octanol–water partition coefficient (Wildman–Crippen LogP) is 3.92.